The van der Waals surface area contributed by atoms with E-state index in [9.17, 15) is 4.79 Å². The molecule has 0 bridgehead atoms. The van der Waals surface area contributed by atoms with Crippen LogP contribution in [0.5, 0.6) is 0 Å². The van der Waals surface area contributed by atoms with Gasteiger partial charge in [-0.25, -0.2) is 24.9 Å². The van der Waals surface area contributed by atoms with E-state index < -0.39 is 0 Å². The number of aromatic nitrogens is 6. The van der Waals surface area contributed by atoms with E-state index in [2.05, 4.69) is 51.0 Å². The maximum atomic E-state index is 13.4. The van der Waals surface area contributed by atoms with Crippen LogP contribution in [-0.4, -0.2) is 83.5 Å². The van der Waals surface area contributed by atoms with Gasteiger partial charge < -0.3 is 14.8 Å². The third kappa shape index (κ3) is 4.39. The van der Waals surface area contributed by atoms with Crippen LogP contribution >= 0.6 is 0 Å². The Labute approximate surface area is 194 Å². The van der Waals surface area contributed by atoms with Gasteiger partial charge in [0.1, 0.15) is 24.0 Å². The molecule has 1 fully saturated rings. The molecule has 10 heteroatoms. The number of hydrogen-bond donors (Lipinski definition) is 1. The van der Waals surface area contributed by atoms with E-state index in [1.54, 1.807) is 12.4 Å². The Hall–Kier alpha value is -3.14. The number of rotatable bonds is 6. The fourth-order valence-electron chi connectivity index (χ4n) is 4.38. The number of imidazole rings is 1. The maximum absolute atomic E-state index is 13.4. The number of hydrogen-bond acceptors (Lipinski definition) is 8. The minimum absolute atomic E-state index is 0.0955. The van der Waals surface area contributed by atoms with E-state index in [1.165, 1.54) is 6.33 Å². The third-order valence-electron chi connectivity index (χ3n) is 6.58. The largest absolute Gasteiger partial charge is 0.356 e. The van der Waals surface area contributed by atoms with Gasteiger partial charge in [-0.2, -0.15) is 0 Å². The van der Waals surface area contributed by atoms with Crippen molar-refractivity contribution in [1.29, 1.82) is 0 Å². The molecule has 0 spiro atoms. The molecule has 3 aromatic rings. The van der Waals surface area contributed by atoms with Crippen LogP contribution in [-0.2, 0) is 11.3 Å². The van der Waals surface area contributed by atoms with Crippen molar-refractivity contribution in [3.8, 4) is 11.4 Å². The molecule has 0 radical (unpaired) electrons. The Morgan fingerprint density at radius 2 is 1.79 bits per heavy atom. The number of aryl methyl sites for hydroxylation is 2. The molecule has 0 saturated carbocycles. The molecule has 1 amide bonds. The summed E-state index contributed by atoms with van der Waals surface area (Å²) in [6.07, 6.45) is 5.70. The summed E-state index contributed by atoms with van der Waals surface area (Å²) in [5, 5.41) is 3.37. The van der Waals surface area contributed by atoms with Gasteiger partial charge in [0.15, 0.2) is 17.0 Å². The average molecular weight is 452 g/mol. The van der Waals surface area contributed by atoms with Gasteiger partial charge in [-0.1, -0.05) is 6.92 Å². The molecule has 4 rings (SSSR count). The molecule has 176 valence electrons. The van der Waals surface area contributed by atoms with Crippen LogP contribution in [0.4, 0.5) is 5.82 Å². The molecule has 10 nitrogen and oxygen atoms in total. The monoisotopic (exact) mass is 451 g/mol. The van der Waals surface area contributed by atoms with Crippen LogP contribution in [0.3, 0.4) is 0 Å². The lowest BCUT2D eigenvalue weighted by molar-refractivity contribution is -0.136. The highest BCUT2D eigenvalue weighted by Crippen LogP contribution is 2.27. The number of nitrogens with zero attached hydrogens (tertiary/aromatic N) is 8. The number of nitrogens with one attached hydrogen (secondary N) is 1. The SMILES string of the molecule is CC[C@@H](Nc1ncnc2c1nc(-c1cnc(C)nc1)n2CC)C(=O)N1C[C@@H](C)N(C)[C@@H](C)C1. The zero-order valence-corrected chi connectivity index (χ0v) is 20.3. The first-order chi connectivity index (χ1) is 15.8. The first-order valence-electron chi connectivity index (χ1n) is 11.6. The Morgan fingerprint density at radius 3 is 2.39 bits per heavy atom. The zero-order chi connectivity index (χ0) is 23.7. The summed E-state index contributed by atoms with van der Waals surface area (Å²) in [5.41, 5.74) is 2.17. The van der Waals surface area contributed by atoms with Crippen molar-refractivity contribution in [1.82, 2.24) is 39.3 Å². The molecule has 4 heterocycles. The molecule has 1 aliphatic heterocycles. The molecular weight excluding hydrogens is 418 g/mol. The molecule has 3 atom stereocenters. The van der Waals surface area contributed by atoms with Gasteiger partial charge in [0.05, 0.1) is 5.56 Å². The van der Waals surface area contributed by atoms with Crippen molar-refractivity contribution in [2.24, 2.45) is 0 Å². The van der Waals surface area contributed by atoms with E-state index in [0.717, 1.165) is 30.1 Å². The van der Waals surface area contributed by atoms with Gasteiger partial charge in [0, 0.05) is 44.1 Å². The van der Waals surface area contributed by atoms with Crippen molar-refractivity contribution in [2.75, 3.05) is 25.5 Å². The van der Waals surface area contributed by atoms with E-state index in [0.29, 0.717) is 42.2 Å². The number of amides is 1. The lowest BCUT2D eigenvalue weighted by Crippen LogP contribution is -2.58. The second-order valence-corrected chi connectivity index (χ2v) is 8.81. The van der Waals surface area contributed by atoms with E-state index in [1.807, 2.05) is 30.2 Å². The number of anilines is 1. The second-order valence-electron chi connectivity index (χ2n) is 8.81. The van der Waals surface area contributed by atoms with E-state index in [4.69, 9.17) is 4.98 Å². The third-order valence-corrected chi connectivity index (χ3v) is 6.58. The van der Waals surface area contributed by atoms with Gasteiger partial charge in [0.25, 0.3) is 0 Å². The van der Waals surface area contributed by atoms with Crippen LogP contribution in [0.25, 0.3) is 22.6 Å². The van der Waals surface area contributed by atoms with Gasteiger partial charge in [-0.05, 0) is 41.2 Å². The molecule has 1 N–H and O–H groups in total. The molecule has 0 aromatic carbocycles. The van der Waals surface area contributed by atoms with Crippen LogP contribution in [0.15, 0.2) is 18.7 Å². The van der Waals surface area contributed by atoms with E-state index >= 15 is 0 Å². The topological polar surface area (TPSA) is 105 Å². The van der Waals surface area contributed by atoms with Gasteiger partial charge in [-0.15, -0.1) is 0 Å². The minimum Gasteiger partial charge on any atom is -0.356 e. The summed E-state index contributed by atoms with van der Waals surface area (Å²) in [7, 11) is 2.12. The van der Waals surface area contributed by atoms with Crippen molar-refractivity contribution in [2.45, 2.75) is 65.7 Å². The summed E-state index contributed by atoms with van der Waals surface area (Å²) >= 11 is 0. The summed E-state index contributed by atoms with van der Waals surface area (Å²) < 4.78 is 2.02. The van der Waals surface area contributed by atoms with Gasteiger partial charge in [-0.3, -0.25) is 9.69 Å². The Morgan fingerprint density at radius 1 is 1.12 bits per heavy atom. The van der Waals surface area contributed by atoms with Crippen LogP contribution in [0.2, 0.25) is 0 Å². The molecule has 0 unspecified atom stereocenters. The fourth-order valence-corrected chi connectivity index (χ4v) is 4.38. The minimum atomic E-state index is -0.385. The predicted octanol–water partition coefficient (Wildman–Crippen LogP) is 2.35. The Kier molecular flexibility index (Phi) is 6.55. The first-order valence-corrected chi connectivity index (χ1v) is 11.6. The summed E-state index contributed by atoms with van der Waals surface area (Å²) in [4.78, 5) is 40.1. The quantitative estimate of drug-likeness (QED) is 0.609. The van der Waals surface area contributed by atoms with Gasteiger partial charge in [0.2, 0.25) is 5.91 Å². The highest BCUT2D eigenvalue weighted by atomic mass is 16.2. The Balaban J connectivity index is 1.65. The predicted molar refractivity (Wildman–Crippen MR) is 128 cm³/mol. The van der Waals surface area contributed by atoms with Crippen molar-refractivity contribution < 1.29 is 4.79 Å². The first kappa shape index (κ1) is 23.0. The lowest BCUT2D eigenvalue weighted by atomic mass is 10.1. The standard InChI is InChI=1S/C23H33N9O/c1-7-18(23(33)31-11-14(3)30(6)15(4)12-31)28-20-19-22(27-13-26-20)32(8-2)21(29-19)17-9-24-16(5)25-10-17/h9-10,13-15,18H,7-8,11-12H2,1-6H3,(H,26,27,28)/t14-,15+,18-/m1/s1. The number of likely N-dealkylation sites (N-methyl/N-ethyl adjacent to an activating group) is 1. The fraction of sp³-hybridized carbons (Fsp3) is 0.565. The van der Waals surface area contributed by atoms with Crippen LogP contribution in [0, 0.1) is 6.92 Å². The number of carbonyl (C=O) groups is 1. The van der Waals surface area contributed by atoms with Crippen molar-refractivity contribution >= 4 is 22.9 Å². The molecule has 0 aliphatic carbocycles. The Bertz CT molecular complexity index is 1110. The summed E-state index contributed by atoms with van der Waals surface area (Å²) in [6, 6.07) is 0.254. The molecule has 3 aromatic heterocycles. The normalized spacial score (nSPS) is 20.2. The lowest BCUT2D eigenvalue weighted by Gasteiger charge is -2.43. The highest BCUT2D eigenvalue weighted by molar-refractivity contribution is 5.90. The maximum Gasteiger partial charge on any atom is 0.245 e. The smallest absolute Gasteiger partial charge is 0.245 e. The molecule has 1 aliphatic rings. The molecular formula is C23H33N9O. The number of carbonyl (C=O) groups excluding carboxylic acids is 1. The van der Waals surface area contributed by atoms with Crippen LogP contribution in [0.1, 0.15) is 39.9 Å². The number of fused-ring (bicyclic) bond motifs is 1. The van der Waals surface area contributed by atoms with Gasteiger partial charge >= 0.3 is 0 Å². The van der Waals surface area contributed by atoms with Crippen molar-refractivity contribution in [3.63, 3.8) is 0 Å². The molecule has 33 heavy (non-hydrogen) atoms. The van der Waals surface area contributed by atoms with Crippen molar-refractivity contribution in [3.05, 3.63) is 24.5 Å². The zero-order valence-electron chi connectivity index (χ0n) is 20.3. The molecule has 1 saturated heterocycles. The highest BCUT2D eigenvalue weighted by Gasteiger charge is 2.32. The number of piperazine rings is 1. The van der Waals surface area contributed by atoms with Crippen LogP contribution < -0.4 is 5.32 Å². The second kappa shape index (κ2) is 9.38. The summed E-state index contributed by atoms with van der Waals surface area (Å²) in [6.45, 7) is 12.4. The average Bonchev–Trinajstić information content (AvgIpc) is 3.20. The van der Waals surface area contributed by atoms with E-state index in [-0.39, 0.29) is 11.9 Å². The summed E-state index contributed by atoms with van der Waals surface area (Å²) in [5.74, 6) is 2.10.